The highest BCUT2D eigenvalue weighted by molar-refractivity contribution is 5.76. The van der Waals surface area contributed by atoms with Crippen LogP contribution in [0.1, 0.15) is 17.7 Å². The quantitative estimate of drug-likeness (QED) is 0.851. The monoisotopic (exact) mass is 289 g/mol. The van der Waals surface area contributed by atoms with Gasteiger partial charge < -0.3 is 19.2 Å². The summed E-state index contributed by atoms with van der Waals surface area (Å²) in [6, 6.07) is 9.19. The highest BCUT2D eigenvalue weighted by atomic mass is 16.5. The van der Waals surface area contributed by atoms with E-state index < -0.39 is 0 Å². The predicted molar refractivity (Wildman–Crippen MR) is 78.4 cm³/mol. The van der Waals surface area contributed by atoms with E-state index in [-0.39, 0.29) is 5.91 Å². The number of amides is 1. The summed E-state index contributed by atoms with van der Waals surface area (Å²) in [5.41, 5.74) is 0.899. The van der Waals surface area contributed by atoms with E-state index in [2.05, 4.69) is 5.32 Å². The van der Waals surface area contributed by atoms with Crippen LogP contribution in [0.2, 0.25) is 0 Å². The third kappa shape index (κ3) is 4.02. The molecule has 0 atom stereocenters. The first-order valence-corrected chi connectivity index (χ1v) is 6.73. The number of benzene rings is 1. The molecule has 0 aliphatic rings. The Morgan fingerprint density at radius 3 is 2.43 bits per heavy atom. The molecule has 1 heterocycles. The van der Waals surface area contributed by atoms with E-state index in [9.17, 15) is 4.79 Å². The Bertz CT molecular complexity index is 556. The topological polar surface area (TPSA) is 60.7 Å². The highest BCUT2D eigenvalue weighted by Gasteiger charge is 2.12. The molecule has 1 aromatic heterocycles. The standard InChI is InChI=1S/C16H19NO4/c1-19-14-6-3-7-15(20-2)13(14)8-9-16(18)17-11-12-5-4-10-21-12/h3-7,10H,8-9,11H2,1-2H3,(H,17,18). The van der Waals surface area contributed by atoms with E-state index in [1.165, 1.54) is 0 Å². The predicted octanol–water partition coefficient (Wildman–Crippen LogP) is 2.55. The summed E-state index contributed by atoms with van der Waals surface area (Å²) < 4.78 is 15.8. The molecule has 0 saturated heterocycles. The summed E-state index contributed by atoms with van der Waals surface area (Å²) in [5.74, 6) is 2.15. The van der Waals surface area contributed by atoms with Crippen LogP contribution in [0.25, 0.3) is 0 Å². The molecular formula is C16H19NO4. The lowest BCUT2D eigenvalue weighted by atomic mass is 10.1. The Morgan fingerprint density at radius 1 is 1.14 bits per heavy atom. The molecule has 1 amide bonds. The fourth-order valence-corrected chi connectivity index (χ4v) is 2.10. The molecule has 1 N–H and O–H groups in total. The zero-order valence-corrected chi connectivity index (χ0v) is 12.2. The number of furan rings is 1. The van der Waals surface area contributed by atoms with Gasteiger partial charge in [-0.25, -0.2) is 0 Å². The number of methoxy groups -OCH3 is 2. The van der Waals surface area contributed by atoms with Crippen LogP contribution in [0.4, 0.5) is 0 Å². The molecule has 2 aromatic rings. The molecular weight excluding hydrogens is 270 g/mol. The van der Waals surface area contributed by atoms with Crippen molar-refractivity contribution in [1.29, 1.82) is 0 Å². The number of nitrogens with one attached hydrogen (secondary N) is 1. The van der Waals surface area contributed by atoms with Crippen molar-refractivity contribution < 1.29 is 18.7 Å². The molecule has 112 valence electrons. The van der Waals surface area contributed by atoms with Gasteiger partial charge in [-0.3, -0.25) is 4.79 Å². The van der Waals surface area contributed by atoms with Crippen molar-refractivity contribution in [3.63, 3.8) is 0 Å². The van der Waals surface area contributed by atoms with Gasteiger partial charge in [0.05, 0.1) is 27.0 Å². The van der Waals surface area contributed by atoms with Crippen LogP contribution in [-0.4, -0.2) is 20.1 Å². The zero-order valence-electron chi connectivity index (χ0n) is 12.2. The summed E-state index contributed by atoms with van der Waals surface area (Å²) in [7, 11) is 3.21. The highest BCUT2D eigenvalue weighted by Crippen LogP contribution is 2.29. The van der Waals surface area contributed by atoms with Crippen LogP contribution in [0.3, 0.4) is 0 Å². The van der Waals surface area contributed by atoms with Gasteiger partial charge in [0.15, 0.2) is 0 Å². The van der Waals surface area contributed by atoms with Gasteiger partial charge >= 0.3 is 0 Å². The van der Waals surface area contributed by atoms with E-state index in [1.54, 1.807) is 26.5 Å². The first-order chi connectivity index (χ1) is 10.2. The van der Waals surface area contributed by atoms with Gasteiger partial charge in [-0.15, -0.1) is 0 Å². The number of hydrogen-bond donors (Lipinski definition) is 1. The third-order valence-corrected chi connectivity index (χ3v) is 3.17. The summed E-state index contributed by atoms with van der Waals surface area (Å²) in [4.78, 5) is 11.9. The molecule has 0 fully saturated rings. The Morgan fingerprint density at radius 2 is 1.86 bits per heavy atom. The molecule has 0 saturated carbocycles. The van der Waals surface area contributed by atoms with Crippen molar-refractivity contribution in [3.8, 4) is 11.5 Å². The lowest BCUT2D eigenvalue weighted by molar-refractivity contribution is -0.121. The maximum absolute atomic E-state index is 11.9. The molecule has 0 spiro atoms. The molecule has 2 rings (SSSR count). The molecule has 0 unspecified atom stereocenters. The minimum Gasteiger partial charge on any atom is -0.496 e. The Labute approximate surface area is 123 Å². The third-order valence-electron chi connectivity index (χ3n) is 3.17. The number of ether oxygens (including phenoxy) is 2. The van der Waals surface area contributed by atoms with Gasteiger partial charge in [0.2, 0.25) is 5.91 Å². The Hall–Kier alpha value is -2.43. The van der Waals surface area contributed by atoms with Crippen molar-refractivity contribution in [2.45, 2.75) is 19.4 Å². The average molecular weight is 289 g/mol. The SMILES string of the molecule is COc1cccc(OC)c1CCC(=O)NCc1ccco1. The van der Waals surface area contributed by atoms with Gasteiger partial charge in [0, 0.05) is 12.0 Å². The van der Waals surface area contributed by atoms with E-state index in [0.29, 0.717) is 19.4 Å². The number of carbonyl (C=O) groups excluding carboxylic acids is 1. The second-order valence-corrected chi connectivity index (χ2v) is 4.50. The van der Waals surface area contributed by atoms with Crippen molar-refractivity contribution >= 4 is 5.91 Å². The fourth-order valence-electron chi connectivity index (χ4n) is 2.10. The van der Waals surface area contributed by atoms with Crippen molar-refractivity contribution in [2.24, 2.45) is 0 Å². The van der Waals surface area contributed by atoms with Crippen molar-refractivity contribution in [3.05, 3.63) is 47.9 Å². The van der Waals surface area contributed by atoms with E-state index >= 15 is 0 Å². The normalized spacial score (nSPS) is 10.2. The molecule has 5 heteroatoms. The van der Waals surface area contributed by atoms with E-state index in [4.69, 9.17) is 13.9 Å². The minimum atomic E-state index is -0.0423. The fraction of sp³-hybridized carbons (Fsp3) is 0.312. The van der Waals surface area contributed by atoms with Crippen LogP contribution >= 0.6 is 0 Å². The summed E-state index contributed by atoms with van der Waals surface area (Å²) in [5, 5.41) is 2.82. The first kappa shape index (κ1) is 15.0. The average Bonchev–Trinajstić information content (AvgIpc) is 3.03. The van der Waals surface area contributed by atoms with Gasteiger partial charge in [0.25, 0.3) is 0 Å². The van der Waals surface area contributed by atoms with Gasteiger partial charge in [-0.1, -0.05) is 6.07 Å². The van der Waals surface area contributed by atoms with Crippen molar-refractivity contribution in [1.82, 2.24) is 5.32 Å². The molecule has 0 aliphatic carbocycles. The molecule has 21 heavy (non-hydrogen) atoms. The summed E-state index contributed by atoms with van der Waals surface area (Å²) in [6.45, 7) is 0.398. The zero-order chi connectivity index (χ0) is 15.1. The van der Waals surface area contributed by atoms with Gasteiger partial charge in [-0.2, -0.15) is 0 Å². The molecule has 0 aliphatic heterocycles. The van der Waals surface area contributed by atoms with Crippen LogP contribution in [0.15, 0.2) is 41.0 Å². The van der Waals surface area contributed by atoms with Gasteiger partial charge in [-0.05, 0) is 30.7 Å². The van der Waals surface area contributed by atoms with Crippen molar-refractivity contribution in [2.75, 3.05) is 14.2 Å². The summed E-state index contributed by atoms with van der Waals surface area (Å²) >= 11 is 0. The number of carbonyl (C=O) groups is 1. The number of rotatable bonds is 7. The van der Waals surface area contributed by atoms with Crippen LogP contribution < -0.4 is 14.8 Å². The smallest absolute Gasteiger partial charge is 0.220 e. The van der Waals surface area contributed by atoms with E-state index in [0.717, 1.165) is 22.8 Å². The number of hydrogen-bond acceptors (Lipinski definition) is 4. The molecule has 5 nitrogen and oxygen atoms in total. The molecule has 0 radical (unpaired) electrons. The Kier molecular flexibility index (Phi) is 5.26. The second kappa shape index (κ2) is 7.38. The first-order valence-electron chi connectivity index (χ1n) is 6.73. The molecule has 0 bridgehead atoms. The minimum absolute atomic E-state index is 0.0423. The van der Waals surface area contributed by atoms with Gasteiger partial charge in [0.1, 0.15) is 17.3 Å². The van der Waals surface area contributed by atoms with Crippen LogP contribution in [0, 0.1) is 0 Å². The van der Waals surface area contributed by atoms with Crippen LogP contribution in [0.5, 0.6) is 11.5 Å². The lowest BCUT2D eigenvalue weighted by Gasteiger charge is -2.12. The Balaban J connectivity index is 1.91. The largest absolute Gasteiger partial charge is 0.496 e. The van der Waals surface area contributed by atoms with E-state index in [1.807, 2.05) is 24.3 Å². The summed E-state index contributed by atoms with van der Waals surface area (Å²) in [6.07, 6.45) is 2.50. The maximum Gasteiger partial charge on any atom is 0.220 e. The molecule has 1 aromatic carbocycles. The lowest BCUT2D eigenvalue weighted by Crippen LogP contribution is -2.22. The maximum atomic E-state index is 11.9. The second-order valence-electron chi connectivity index (χ2n) is 4.50. The van der Waals surface area contributed by atoms with Crippen LogP contribution in [-0.2, 0) is 17.8 Å².